The Bertz CT molecular complexity index is 687. The zero-order valence-corrected chi connectivity index (χ0v) is 13.1. The maximum Gasteiger partial charge on any atom is 0.335 e. The molecule has 1 aliphatic heterocycles. The van der Waals surface area contributed by atoms with Crippen LogP contribution in [0.5, 0.6) is 0 Å². The standard InChI is InChI=1S/C17H20N4O2/c1-12-3-2-8-21(10-12)16-9-15(18-11-19-16)20-14-6-4-13(5-7-14)17(22)23/h4-7,9,11-12H,2-3,8,10H2,1H3,(H,22,23)(H,18,19,20). The lowest BCUT2D eigenvalue weighted by Crippen LogP contribution is -2.34. The molecule has 23 heavy (non-hydrogen) atoms. The van der Waals surface area contributed by atoms with Crippen LogP contribution in [0.1, 0.15) is 30.1 Å². The average Bonchev–Trinajstić information content (AvgIpc) is 2.56. The largest absolute Gasteiger partial charge is 0.478 e. The summed E-state index contributed by atoms with van der Waals surface area (Å²) >= 11 is 0. The highest BCUT2D eigenvalue weighted by molar-refractivity contribution is 5.88. The van der Waals surface area contributed by atoms with Gasteiger partial charge in [0.05, 0.1) is 5.56 Å². The molecule has 2 aromatic rings. The molecule has 1 fully saturated rings. The van der Waals surface area contributed by atoms with E-state index in [1.54, 1.807) is 30.6 Å². The van der Waals surface area contributed by atoms with Gasteiger partial charge in [-0.15, -0.1) is 0 Å². The summed E-state index contributed by atoms with van der Waals surface area (Å²) in [7, 11) is 0. The number of carboxylic acid groups (broad SMARTS) is 1. The lowest BCUT2D eigenvalue weighted by molar-refractivity contribution is 0.0697. The number of aromatic nitrogens is 2. The summed E-state index contributed by atoms with van der Waals surface area (Å²) in [4.78, 5) is 21.8. The van der Waals surface area contributed by atoms with Crippen LogP contribution in [-0.4, -0.2) is 34.1 Å². The van der Waals surface area contributed by atoms with Gasteiger partial charge in [-0.2, -0.15) is 0 Å². The Morgan fingerprint density at radius 1 is 1.30 bits per heavy atom. The first kappa shape index (κ1) is 15.3. The van der Waals surface area contributed by atoms with Gasteiger partial charge in [-0.25, -0.2) is 14.8 Å². The maximum atomic E-state index is 10.9. The number of piperidine rings is 1. The van der Waals surface area contributed by atoms with E-state index >= 15 is 0 Å². The Morgan fingerprint density at radius 2 is 2.09 bits per heavy atom. The van der Waals surface area contributed by atoms with Crippen molar-refractivity contribution in [1.82, 2.24) is 9.97 Å². The number of hydrogen-bond acceptors (Lipinski definition) is 5. The van der Waals surface area contributed by atoms with Gasteiger partial charge in [0.25, 0.3) is 0 Å². The number of hydrogen-bond donors (Lipinski definition) is 2. The first-order valence-electron chi connectivity index (χ1n) is 7.79. The SMILES string of the molecule is CC1CCCN(c2cc(Nc3ccc(C(=O)O)cc3)ncn2)C1. The fourth-order valence-electron chi connectivity index (χ4n) is 2.83. The number of nitrogens with one attached hydrogen (secondary N) is 1. The second-order valence-corrected chi connectivity index (χ2v) is 5.96. The molecule has 1 aliphatic rings. The number of nitrogens with zero attached hydrogens (tertiary/aromatic N) is 3. The average molecular weight is 312 g/mol. The molecule has 1 atom stereocenters. The normalized spacial score (nSPS) is 17.8. The minimum atomic E-state index is -0.930. The molecule has 1 saturated heterocycles. The van der Waals surface area contributed by atoms with Crippen molar-refractivity contribution in [3.05, 3.63) is 42.2 Å². The van der Waals surface area contributed by atoms with E-state index in [1.807, 2.05) is 6.07 Å². The van der Waals surface area contributed by atoms with E-state index in [0.29, 0.717) is 11.7 Å². The number of rotatable bonds is 4. The predicted octanol–water partition coefficient (Wildman–Crippen LogP) is 3.15. The molecule has 1 aromatic carbocycles. The van der Waals surface area contributed by atoms with Gasteiger partial charge < -0.3 is 15.3 Å². The summed E-state index contributed by atoms with van der Waals surface area (Å²) in [5, 5.41) is 12.1. The molecule has 6 heteroatoms. The van der Waals surface area contributed by atoms with Gasteiger partial charge >= 0.3 is 5.97 Å². The summed E-state index contributed by atoms with van der Waals surface area (Å²) in [5.41, 5.74) is 1.06. The van der Waals surface area contributed by atoms with Crippen LogP contribution in [0.25, 0.3) is 0 Å². The lowest BCUT2D eigenvalue weighted by atomic mass is 10.0. The highest BCUT2D eigenvalue weighted by atomic mass is 16.4. The topological polar surface area (TPSA) is 78.4 Å². The Hall–Kier alpha value is -2.63. The summed E-state index contributed by atoms with van der Waals surface area (Å²) < 4.78 is 0. The van der Waals surface area contributed by atoms with E-state index in [0.717, 1.165) is 24.6 Å². The highest BCUT2D eigenvalue weighted by Gasteiger charge is 2.17. The van der Waals surface area contributed by atoms with Crippen molar-refractivity contribution in [3.8, 4) is 0 Å². The molecule has 0 saturated carbocycles. The van der Waals surface area contributed by atoms with E-state index in [9.17, 15) is 4.79 Å². The van der Waals surface area contributed by atoms with Crippen molar-refractivity contribution in [2.45, 2.75) is 19.8 Å². The van der Waals surface area contributed by atoms with Crippen LogP contribution in [0, 0.1) is 5.92 Å². The molecule has 2 N–H and O–H groups in total. The van der Waals surface area contributed by atoms with Crippen molar-refractivity contribution >= 4 is 23.3 Å². The first-order chi connectivity index (χ1) is 11.1. The third kappa shape index (κ3) is 3.77. The third-order valence-electron chi connectivity index (χ3n) is 4.04. The Labute approximate surface area is 135 Å². The van der Waals surface area contributed by atoms with Crippen LogP contribution in [-0.2, 0) is 0 Å². The minimum Gasteiger partial charge on any atom is -0.478 e. The molecule has 2 heterocycles. The number of carbonyl (C=O) groups is 1. The van der Waals surface area contributed by atoms with E-state index in [1.165, 1.54) is 12.8 Å². The Balaban J connectivity index is 1.73. The lowest BCUT2D eigenvalue weighted by Gasteiger charge is -2.31. The molecule has 6 nitrogen and oxygen atoms in total. The van der Waals surface area contributed by atoms with Crippen LogP contribution in [0.3, 0.4) is 0 Å². The van der Waals surface area contributed by atoms with Gasteiger partial charge in [-0.1, -0.05) is 6.92 Å². The summed E-state index contributed by atoms with van der Waals surface area (Å²) in [5.74, 6) is 1.38. The van der Waals surface area contributed by atoms with Gasteiger partial charge in [-0.3, -0.25) is 0 Å². The van der Waals surface area contributed by atoms with Gasteiger partial charge in [0.2, 0.25) is 0 Å². The van der Waals surface area contributed by atoms with Crippen molar-refractivity contribution < 1.29 is 9.90 Å². The smallest absolute Gasteiger partial charge is 0.335 e. The molecule has 0 amide bonds. The number of benzene rings is 1. The fourth-order valence-corrected chi connectivity index (χ4v) is 2.83. The molecular formula is C17H20N4O2. The minimum absolute atomic E-state index is 0.265. The summed E-state index contributed by atoms with van der Waals surface area (Å²) in [6.45, 7) is 4.30. The second kappa shape index (κ2) is 6.64. The molecule has 0 radical (unpaired) electrons. The van der Waals surface area contributed by atoms with Crippen LogP contribution >= 0.6 is 0 Å². The van der Waals surface area contributed by atoms with Crippen LogP contribution in [0.2, 0.25) is 0 Å². The van der Waals surface area contributed by atoms with Crippen LogP contribution < -0.4 is 10.2 Å². The Kier molecular flexibility index (Phi) is 4.41. The predicted molar refractivity (Wildman–Crippen MR) is 89.3 cm³/mol. The van der Waals surface area contributed by atoms with Gasteiger partial charge in [-0.05, 0) is 43.0 Å². The second-order valence-electron chi connectivity index (χ2n) is 5.96. The van der Waals surface area contributed by atoms with Crippen molar-refractivity contribution in [3.63, 3.8) is 0 Å². The number of anilines is 3. The Morgan fingerprint density at radius 3 is 2.78 bits per heavy atom. The molecule has 0 bridgehead atoms. The molecule has 0 spiro atoms. The van der Waals surface area contributed by atoms with E-state index in [4.69, 9.17) is 5.11 Å². The van der Waals surface area contributed by atoms with Gasteiger partial charge in [0.15, 0.2) is 0 Å². The van der Waals surface area contributed by atoms with E-state index in [2.05, 4.69) is 27.1 Å². The zero-order chi connectivity index (χ0) is 16.2. The fraction of sp³-hybridized carbons (Fsp3) is 0.353. The van der Waals surface area contributed by atoms with Crippen LogP contribution in [0.4, 0.5) is 17.3 Å². The van der Waals surface area contributed by atoms with Gasteiger partial charge in [0, 0.05) is 24.8 Å². The molecule has 0 aliphatic carbocycles. The molecule has 1 unspecified atom stereocenters. The number of carboxylic acids is 1. The third-order valence-corrected chi connectivity index (χ3v) is 4.04. The number of aromatic carboxylic acids is 1. The monoisotopic (exact) mass is 312 g/mol. The quantitative estimate of drug-likeness (QED) is 0.903. The molecule has 1 aromatic heterocycles. The van der Waals surface area contributed by atoms with E-state index in [-0.39, 0.29) is 5.56 Å². The van der Waals surface area contributed by atoms with Crippen molar-refractivity contribution in [1.29, 1.82) is 0 Å². The molecule has 120 valence electrons. The van der Waals surface area contributed by atoms with Crippen molar-refractivity contribution in [2.75, 3.05) is 23.3 Å². The van der Waals surface area contributed by atoms with Crippen molar-refractivity contribution in [2.24, 2.45) is 5.92 Å². The molecular weight excluding hydrogens is 292 g/mol. The summed E-state index contributed by atoms with van der Waals surface area (Å²) in [6, 6.07) is 8.53. The zero-order valence-electron chi connectivity index (χ0n) is 13.1. The maximum absolute atomic E-state index is 10.9. The first-order valence-corrected chi connectivity index (χ1v) is 7.79. The highest BCUT2D eigenvalue weighted by Crippen LogP contribution is 2.23. The van der Waals surface area contributed by atoms with Gasteiger partial charge in [0.1, 0.15) is 18.0 Å². The molecule has 3 rings (SSSR count). The van der Waals surface area contributed by atoms with Crippen LogP contribution in [0.15, 0.2) is 36.7 Å². The van der Waals surface area contributed by atoms with E-state index < -0.39 is 5.97 Å². The summed E-state index contributed by atoms with van der Waals surface area (Å²) in [6.07, 6.45) is 4.01.